The molecule has 1 saturated heterocycles. The van der Waals surface area contributed by atoms with Crippen molar-refractivity contribution >= 4 is 11.5 Å². The van der Waals surface area contributed by atoms with E-state index in [1.807, 2.05) is 0 Å². The molecule has 1 aliphatic rings. The molecule has 2 N–H and O–H groups in total. The number of aromatic nitrogens is 1. The summed E-state index contributed by atoms with van der Waals surface area (Å²) in [4.78, 5) is 13.7. The molecule has 1 unspecified atom stereocenters. The standard InChI is InChI=1S/C10H14N4O3/c1-17-9-6-11-5-8(9)13-7-2-3-10(12-4-7)14(15)16/h2-4,8-9,11,13H,5-6H2,1H3/t8?,9-/m1/s1. The zero-order chi connectivity index (χ0) is 12.3. The van der Waals surface area contributed by atoms with E-state index in [0.717, 1.165) is 18.8 Å². The Kier molecular flexibility index (Phi) is 3.50. The summed E-state index contributed by atoms with van der Waals surface area (Å²) < 4.78 is 5.30. The van der Waals surface area contributed by atoms with Gasteiger partial charge in [-0.25, -0.2) is 0 Å². The quantitative estimate of drug-likeness (QED) is 0.582. The van der Waals surface area contributed by atoms with Crippen molar-refractivity contribution in [2.45, 2.75) is 12.1 Å². The number of nitro groups is 1. The van der Waals surface area contributed by atoms with Gasteiger partial charge < -0.3 is 25.5 Å². The van der Waals surface area contributed by atoms with Gasteiger partial charge in [-0.2, -0.15) is 0 Å². The lowest BCUT2D eigenvalue weighted by Gasteiger charge is -2.18. The van der Waals surface area contributed by atoms with Gasteiger partial charge in [0.2, 0.25) is 0 Å². The number of nitrogens with zero attached hydrogens (tertiary/aromatic N) is 2. The fraction of sp³-hybridized carbons (Fsp3) is 0.500. The molecule has 2 atom stereocenters. The molecule has 1 aromatic rings. The van der Waals surface area contributed by atoms with Crippen molar-refractivity contribution in [1.29, 1.82) is 0 Å². The zero-order valence-electron chi connectivity index (χ0n) is 9.42. The molecule has 7 heteroatoms. The van der Waals surface area contributed by atoms with Crippen LogP contribution in [0.15, 0.2) is 18.3 Å². The Bertz CT molecular complexity index is 395. The van der Waals surface area contributed by atoms with E-state index in [-0.39, 0.29) is 18.0 Å². The molecule has 0 spiro atoms. The highest BCUT2D eigenvalue weighted by Crippen LogP contribution is 2.15. The van der Waals surface area contributed by atoms with Gasteiger partial charge >= 0.3 is 5.82 Å². The van der Waals surface area contributed by atoms with Gasteiger partial charge in [-0.05, 0) is 16.0 Å². The molecule has 17 heavy (non-hydrogen) atoms. The molecule has 0 aromatic carbocycles. The van der Waals surface area contributed by atoms with E-state index in [1.165, 1.54) is 12.3 Å². The summed E-state index contributed by atoms with van der Waals surface area (Å²) in [7, 11) is 1.67. The summed E-state index contributed by atoms with van der Waals surface area (Å²) in [6.45, 7) is 1.60. The minimum absolute atomic E-state index is 0.102. The Morgan fingerprint density at radius 3 is 3.00 bits per heavy atom. The van der Waals surface area contributed by atoms with Crippen molar-refractivity contribution in [3.05, 3.63) is 28.4 Å². The van der Waals surface area contributed by atoms with Gasteiger partial charge in [0.1, 0.15) is 0 Å². The minimum atomic E-state index is -0.515. The van der Waals surface area contributed by atoms with Gasteiger partial charge in [0.25, 0.3) is 0 Å². The van der Waals surface area contributed by atoms with Gasteiger partial charge in [0.05, 0.1) is 17.8 Å². The second-order valence-corrected chi connectivity index (χ2v) is 3.85. The lowest BCUT2D eigenvalue weighted by Crippen LogP contribution is -2.33. The van der Waals surface area contributed by atoms with Crippen LogP contribution in [-0.2, 0) is 4.74 Å². The summed E-state index contributed by atoms with van der Waals surface area (Å²) in [5, 5.41) is 16.9. The van der Waals surface area contributed by atoms with E-state index in [9.17, 15) is 10.1 Å². The first kappa shape index (κ1) is 11.7. The topological polar surface area (TPSA) is 89.3 Å². The zero-order valence-corrected chi connectivity index (χ0v) is 9.42. The Morgan fingerprint density at radius 1 is 1.59 bits per heavy atom. The third-order valence-corrected chi connectivity index (χ3v) is 2.75. The molecule has 0 bridgehead atoms. The number of pyridine rings is 1. The van der Waals surface area contributed by atoms with Crippen molar-refractivity contribution in [1.82, 2.24) is 10.3 Å². The SMILES string of the molecule is CO[C@@H]1CNCC1Nc1ccc([N+](=O)[O-])nc1. The highest BCUT2D eigenvalue weighted by atomic mass is 16.6. The molecule has 0 amide bonds. The first-order chi connectivity index (χ1) is 8.20. The molecule has 1 aromatic heterocycles. The van der Waals surface area contributed by atoms with Crippen molar-refractivity contribution in [3.63, 3.8) is 0 Å². The van der Waals surface area contributed by atoms with Crippen LogP contribution in [0.5, 0.6) is 0 Å². The highest BCUT2D eigenvalue weighted by Gasteiger charge is 2.26. The summed E-state index contributed by atoms with van der Waals surface area (Å²) in [5.41, 5.74) is 0.756. The van der Waals surface area contributed by atoms with Crippen molar-refractivity contribution < 1.29 is 9.66 Å². The van der Waals surface area contributed by atoms with E-state index in [1.54, 1.807) is 13.2 Å². The van der Waals surface area contributed by atoms with Gasteiger partial charge in [-0.3, -0.25) is 0 Å². The fourth-order valence-electron chi connectivity index (χ4n) is 1.84. The Balaban J connectivity index is 2.01. The molecule has 0 radical (unpaired) electrons. The molecule has 0 saturated carbocycles. The number of ether oxygens (including phenoxy) is 1. The first-order valence-electron chi connectivity index (χ1n) is 5.31. The van der Waals surface area contributed by atoms with E-state index < -0.39 is 4.92 Å². The first-order valence-corrected chi connectivity index (χ1v) is 5.31. The van der Waals surface area contributed by atoms with Gasteiger partial charge in [-0.1, -0.05) is 0 Å². The average molecular weight is 238 g/mol. The Hall–Kier alpha value is -1.73. The monoisotopic (exact) mass is 238 g/mol. The number of hydrogen-bond acceptors (Lipinski definition) is 6. The molecule has 1 aliphatic heterocycles. The number of anilines is 1. The number of nitrogens with one attached hydrogen (secondary N) is 2. The molecule has 1 fully saturated rings. The lowest BCUT2D eigenvalue weighted by atomic mass is 10.2. The summed E-state index contributed by atoms with van der Waals surface area (Å²) in [5.74, 6) is -0.150. The van der Waals surface area contributed by atoms with E-state index in [2.05, 4.69) is 15.6 Å². The molecule has 7 nitrogen and oxygen atoms in total. The summed E-state index contributed by atoms with van der Waals surface area (Å²) >= 11 is 0. The summed E-state index contributed by atoms with van der Waals surface area (Å²) in [6.07, 6.45) is 1.56. The Labute approximate surface area is 98.3 Å². The highest BCUT2D eigenvalue weighted by molar-refractivity contribution is 5.44. The molecule has 2 heterocycles. The maximum atomic E-state index is 10.4. The van der Waals surface area contributed by atoms with Gasteiger partial charge in [-0.15, -0.1) is 0 Å². The largest absolute Gasteiger partial charge is 0.378 e. The van der Waals surface area contributed by atoms with E-state index in [0.29, 0.717) is 0 Å². The lowest BCUT2D eigenvalue weighted by molar-refractivity contribution is -0.389. The number of rotatable bonds is 4. The predicted octanol–water partition coefficient (Wildman–Crippen LogP) is 0.388. The number of hydrogen-bond donors (Lipinski definition) is 2. The van der Waals surface area contributed by atoms with Crippen LogP contribution < -0.4 is 10.6 Å². The van der Waals surface area contributed by atoms with E-state index >= 15 is 0 Å². The van der Waals surface area contributed by atoms with Gasteiger partial charge in [0.15, 0.2) is 6.20 Å². The molecular weight excluding hydrogens is 224 g/mol. The van der Waals surface area contributed by atoms with Gasteiger partial charge in [0, 0.05) is 26.3 Å². The molecular formula is C10H14N4O3. The second kappa shape index (κ2) is 5.07. The average Bonchev–Trinajstić information content (AvgIpc) is 2.77. The smallest absolute Gasteiger partial charge is 0.363 e. The van der Waals surface area contributed by atoms with Crippen LogP contribution in [0.25, 0.3) is 0 Å². The van der Waals surface area contributed by atoms with Crippen LogP contribution in [0.4, 0.5) is 11.5 Å². The molecule has 2 rings (SSSR count). The molecule has 0 aliphatic carbocycles. The third kappa shape index (κ3) is 2.69. The maximum absolute atomic E-state index is 10.4. The summed E-state index contributed by atoms with van der Waals surface area (Å²) in [6, 6.07) is 3.19. The van der Waals surface area contributed by atoms with Crippen molar-refractivity contribution in [3.8, 4) is 0 Å². The van der Waals surface area contributed by atoms with Crippen LogP contribution in [0, 0.1) is 10.1 Å². The van der Waals surface area contributed by atoms with Crippen LogP contribution in [0.2, 0.25) is 0 Å². The minimum Gasteiger partial charge on any atom is -0.378 e. The predicted molar refractivity (Wildman–Crippen MR) is 62.0 cm³/mol. The number of methoxy groups -OCH3 is 1. The van der Waals surface area contributed by atoms with Crippen LogP contribution >= 0.6 is 0 Å². The normalized spacial score (nSPS) is 23.6. The maximum Gasteiger partial charge on any atom is 0.363 e. The van der Waals surface area contributed by atoms with Crippen LogP contribution in [0.1, 0.15) is 0 Å². The van der Waals surface area contributed by atoms with E-state index in [4.69, 9.17) is 4.74 Å². The Morgan fingerprint density at radius 2 is 2.41 bits per heavy atom. The molecule has 92 valence electrons. The fourth-order valence-corrected chi connectivity index (χ4v) is 1.84. The van der Waals surface area contributed by atoms with Crippen LogP contribution in [-0.4, -0.2) is 42.3 Å². The second-order valence-electron chi connectivity index (χ2n) is 3.85. The third-order valence-electron chi connectivity index (χ3n) is 2.75. The van der Waals surface area contributed by atoms with Crippen molar-refractivity contribution in [2.24, 2.45) is 0 Å². The van der Waals surface area contributed by atoms with Crippen LogP contribution in [0.3, 0.4) is 0 Å². The van der Waals surface area contributed by atoms with Crippen molar-refractivity contribution in [2.75, 3.05) is 25.5 Å².